The van der Waals surface area contributed by atoms with Gasteiger partial charge in [-0.1, -0.05) is 0 Å². The van der Waals surface area contributed by atoms with Crippen LogP contribution in [0.15, 0.2) is 36.4 Å². The lowest BCUT2D eigenvalue weighted by Crippen LogP contribution is -2.13. The van der Waals surface area contributed by atoms with Crippen LogP contribution < -0.4 is 14.8 Å². The molecule has 0 unspecified atom stereocenters. The summed E-state index contributed by atoms with van der Waals surface area (Å²) in [6.07, 6.45) is 0. The standard InChI is InChI=1S/C15H13FINO3/c1-20-13-6-3-9(7-14(13)21-2)15(19)18-12-5-4-10(17)8-11(12)16/h3-8H,1-2H3,(H,18,19). The molecule has 0 aromatic heterocycles. The smallest absolute Gasteiger partial charge is 0.255 e. The fourth-order valence-electron chi connectivity index (χ4n) is 1.76. The van der Waals surface area contributed by atoms with Crippen LogP contribution in [0.4, 0.5) is 10.1 Å². The number of carbonyl (C=O) groups is 1. The highest BCUT2D eigenvalue weighted by molar-refractivity contribution is 14.1. The molecule has 0 radical (unpaired) electrons. The zero-order valence-corrected chi connectivity index (χ0v) is 13.6. The lowest BCUT2D eigenvalue weighted by Gasteiger charge is -2.10. The first-order chi connectivity index (χ1) is 10.0. The second kappa shape index (κ2) is 6.75. The summed E-state index contributed by atoms with van der Waals surface area (Å²) in [5.74, 6) is 0.0644. The van der Waals surface area contributed by atoms with Crippen molar-refractivity contribution in [3.05, 3.63) is 51.3 Å². The van der Waals surface area contributed by atoms with Gasteiger partial charge in [0, 0.05) is 9.13 Å². The summed E-state index contributed by atoms with van der Waals surface area (Å²) in [5.41, 5.74) is 0.487. The summed E-state index contributed by atoms with van der Waals surface area (Å²) in [6, 6.07) is 9.34. The second-order valence-corrected chi connectivity index (χ2v) is 5.39. The topological polar surface area (TPSA) is 47.6 Å². The number of hydrogen-bond acceptors (Lipinski definition) is 3. The molecule has 6 heteroatoms. The van der Waals surface area contributed by atoms with E-state index in [1.807, 2.05) is 22.6 Å². The fourth-order valence-corrected chi connectivity index (χ4v) is 2.22. The number of carbonyl (C=O) groups excluding carboxylic acids is 1. The minimum Gasteiger partial charge on any atom is -0.493 e. The van der Waals surface area contributed by atoms with E-state index in [1.54, 1.807) is 24.3 Å². The molecular weight excluding hydrogens is 388 g/mol. The first kappa shape index (κ1) is 15.6. The average Bonchev–Trinajstić information content (AvgIpc) is 2.49. The molecule has 0 saturated heterocycles. The van der Waals surface area contributed by atoms with Gasteiger partial charge in [0.2, 0.25) is 0 Å². The quantitative estimate of drug-likeness (QED) is 0.796. The van der Waals surface area contributed by atoms with E-state index in [2.05, 4.69) is 5.32 Å². The van der Waals surface area contributed by atoms with Crippen LogP contribution in [0, 0.1) is 9.39 Å². The predicted molar refractivity (Wildman–Crippen MR) is 86.6 cm³/mol. The van der Waals surface area contributed by atoms with Gasteiger partial charge >= 0.3 is 0 Å². The zero-order chi connectivity index (χ0) is 15.4. The third-order valence-corrected chi connectivity index (χ3v) is 3.50. The van der Waals surface area contributed by atoms with E-state index in [-0.39, 0.29) is 5.69 Å². The largest absolute Gasteiger partial charge is 0.493 e. The predicted octanol–water partition coefficient (Wildman–Crippen LogP) is 3.70. The first-order valence-electron chi connectivity index (χ1n) is 6.03. The monoisotopic (exact) mass is 401 g/mol. The molecule has 0 atom stereocenters. The van der Waals surface area contributed by atoms with Crippen LogP contribution >= 0.6 is 22.6 Å². The fraction of sp³-hybridized carbons (Fsp3) is 0.133. The Labute approximate surface area is 135 Å². The minimum absolute atomic E-state index is 0.134. The third kappa shape index (κ3) is 3.63. The molecule has 2 aromatic carbocycles. The van der Waals surface area contributed by atoms with Gasteiger partial charge in [-0.2, -0.15) is 0 Å². The minimum atomic E-state index is -0.476. The van der Waals surface area contributed by atoms with Gasteiger partial charge in [0.15, 0.2) is 11.5 Å². The molecule has 1 N–H and O–H groups in total. The number of benzene rings is 2. The normalized spacial score (nSPS) is 10.1. The van der Waals surface area contributed by atoms with Crippen molar-refractivity contribution in [1.82, 2.24) is 0 Å². The van der Waals surface area contributed by atoms with E-state index in [0.717, 1.165) is 3.57 Å². The average molecular weight is 401 g/mol. The van der Waals surface area contributed by atoms with E-state index >= 15 is 0 Å². The Morgan fingerprint density at radius 3 is 2.43 bits per heavy atom. The third-order valence-electron chi connectivity index (χ3n) is 2.83. The molecule has 1 amide bonds. The molecule has 0 aliphatic carbocycles. The second-order valence-electron chi connectivity index (χ2n) is 4.15. The number of nitrogens with one attached hydrogen (secondary N) is 1. The summed E-state index contributed by atoms with van der Waals surface area (Å²) in [4.78, 5) is 12.1. The number of halogens is 2. The lowest BCUT2D eigenvalue weighted by molar-refractivity contribution is 0.102. The Morgan fingerprint density at radius 1 is 1.10 bits per heavy atom. The van der Waals surface area contributed by atoms with E-state index in [9.17, 15) is 9.18 Å². The number of anilines is 1. The summed E-state index contributed by atoms with van der Waals surface area (Å²) in [5, 5.41) is 2.53. The van der Waals surface area contributed by atoms with Gasteiger partial charge in [0.1, 0.15) is 5.82 Å². The Morgan fingerprint density at radius 2 is 1.81 bits per heavy atom. The maximum atomic E-state index is 13.7. The van der Waals surface area contributed by atoms with Crippen LogP contribution in [0.25, 0.3) is 0 Å². The Kier molecular flexibility index (Phi) is 5.00. The molecular formula is C15H13FINO3. The summed E-state index contributed by atoms with van der Waals surface area (Å²) in [7, 11) is 3.00. The molecule has 0 bridgehead atoms. The van der Waals surface area contributed by atoms with Crippen LogP contribution in [0.3, 0.4) is 0 Å². The van der Waals surface area contributed by atoms with Crippen molar-refractivity contribution in [2.45, 2.75) is 0 Å². The highest BCUT2D eigenvalue weighted by atomic mass is 127. The lowest BCUT2D eigenvalue weighted by atomic mass is 10.2. The van der Waals surface area contributed by atoms with Crippen LogP contribution in [0.1, 0.15) is 10.4 Å². The van der Waals surface area contributed by atoms with Gasteiger partial charge in [-0.25, -0.2) is 4.39 Å². The van der Waals surface area contributed by atoms with Gasteiger partial charge in [-0.15, -0.1) is 0 Å². The number of rotatable bonds is 4. The molecule has 2 aromatic rings. The van der Waals surface area contributed by atoms with Crippen molar-refractivity contribution < 1.29 is 18.7 Å². The van der Waals surface area contributed by atoms with Gasteiger partial charge in [0.05, 0.1) is 19.9 Å². The Balaban J connectivity index is 2.24. The molecule has 0 aliphatic heterocycles. The Hall–Kier alpha value is -1.83. The van der Waals surface area contributed by atoms with Gasteiger partial charge in [0.25, 0.3) is 5.91 Å². The van der Waals surface area contributed by atoms with Crippen molar-refractivity contribution in [3.63, 3.8) is 0 Å². The van der Waals surface area contributed by atoms with Crippen molar-refractivity contribution in [3.8, 4) is 11.5 Å². The zero-order valence-electron chi connectivity index (χ0n) is 11.4. The molecule has 110 valence electrons. The van der Waals surface area contributed by atoms with Crippen molar-refractivity contribution in [2.75, 3.05) is 19.5 Å². The highest BCUT2D eigenvalue weighted by Gasteiger charge is 2.12. The van der Waals surface area contributed by atoms with Crippen LogP contribution in [0.2, 0.25) is 0 Å². The number of ether oxygens (including phenoxy) is 2. The molecule has 21 heavy (non-hydrogen) atoms. The molecule has 0 heterocycles. The molecule has 0 saturated carbocycles. The van der Waals surface area contributed by atoms with Crippen molar-refractivity contribution in [1.29, 1.82) is 0 Å². The number of hydrogen-bond donors (Lipinski definition) is 1. The number of methoxy groups -OCH3 is 2. The highest BCUT2D eigenvalue weighted by Crippen LogP contribution is 2.28. The van der Waals surface area contributed by atoms with E-state index in [0.29, 0.717) is 17.1 Å². The van der Waals surface area contributed by atoms with Crippen LogP contribution in [-0.4, -0.2) is 20.1 Å². The first-order valence-corrected chi connectivity index (χ1v) is 7.11. The summed E-state index contributed by atoms with van der Waals surface area (Å²) in [6.45, 7) is 0. The Bertz CT molecular complexity index is 676. The molecule has 0 spiro atoms. The summed E-state index contributed by atoms with van der Waals surface area (Å²) < 4.78 is 24.7. The van der Waals surface area contributed by atoms with Gasteiger partial charge < -0.3 is 14.8 Å². The molecule has 0 fully saturated rings. The van der Waals surface area contributed by atoms with E-state index in [1.165, 1.54) is 26.4 Å². The SMILES string of the molecule is COc1ccc(C(=O)Nc2ccc(I)cc2F)cc1OC. The van der Waals surface area contributed by atoms with Crippen LogP contribution in [0.5, 0.6) is 11.5 Å². The van der Waals surface area contributed by atoms with E-state index < -0.39 is 11.7 Å². The molecule has 0 aliphatic rings. The molecule has 2 rings (SSSR count). The molecule has 4 nitrogen and oxygen atoms in total. The maximum absolute atomic E-state index is 13.7. The summed E-state index contributed by atoms with van der Waals surface area (Å²) >= 11 is 2.00. The van der Waals surface area contributed by atoms with E-state index in [4.69, 9.17) is 9.47 Å². The van der Waals surface area contributed by atoms with Gasteiger partial charge in [-0.05, 0) is 59.0 Å². The van der Waals surface area contributed by atoms with Crippen molar-refractivity contribution >= 4 is 34.2 Å². The van der Waals surface area contributed by atoms with Crippen molar-refractivity contribution in [2.24, 2.45) is 0 Å². The number of amides is 1. The maximum Gasteiger partial charge on any atom is 0.255 e. The van der Waals surface area contributed by atoms with Crippen LogP contribution in [-0.2, 0) is 0 Å². The van der Waals surface area contributed by atoms with Gasteiger partial charge in [-0.3, -0.25) is 4.79 Å².